The van der Waals surface area contributed by atoms with Crippen LogP contribution in [0, 0.1) is 0 Å². The van der Waals surface area contributed by atoms with Gasteiger partial charge in [-0.1, -0.05) is 42.5 Å². The van der Waals surface area contributed by atoms with Gasteiger partial charge in [-0.15, -0.1) is 0 Å². The first kappa shape index (κ1) is 12.0. The molecule has 2 heteroatoms. The van der Waals surface area contributed by atoms with Gasteiger partial charge in [0.2, 0.25) is 0 Å². The molecule has 0 saturated carbocycles. The van der Waals surface area contributed by atoms with Crippen LogP contribution in [0.2, 0.25) is 0 Å². The predicted molar refractivity (Wildman–Crippen MR) is 76.1 cm³/mol. The van der Waals surface area contributed by atoms with Gasteiger partial charge in [-0.05, 0) is 34.4 Å². The second-order valence-electron chi connectivity index (χ2n) is 4.83. The molecule has 1 atom stereocenters. The van der Waals surface area contributed by atoms with Crippen molar-refractivity contribution in [1.29, 1.82) is 0 Å². The van der Waals surface area contributed by atoms with E-state index < -0.39 is 0 Å². The lowest BCUT2D eigenvalue weighted by atomic mass is 9.97. The molecule has 2 aromatic carbocycles. The average Bonchev–Trinajstić information content (AvgIpc) is 2.92. The van der Waals surface area contributed by atoms with Crippen LogP contribution in [0.5, 0.6) is 0 Å². The van der Waals surface area contributed by atoms with E-state index in [0.717, 1.165) is 5.56 Å². The Hall–Kier alpha value is -2.06. The van der Waals surface area contributed by atoms with Crippen LogP contribution in [0.25, 0.3) is 10.8 Å². The Bertz CT molecular complexity index is 651. The lowest BCUT2D eigenvalue weighted by Crippen LogP contribution is -2.13. The van der Waals surface area contributed by atoms with E-state index in [9.17, 15) is 5.11 Å². The van der Waals surface area contributed by atoms with Gasteiger partial charge in [0, 0.05) is 6.42 Å². The van der Waals surface area contributed by atoms with Gasteiger partial charge in [-0.2, -0.15) is 0 Å². The Morgan fingerprint density at radius 2 is 1.79 bits per heavy atom. The van der Waals surface area contributed by atoms with E-state index in [1.54, 1.807) is 12.5 Å². The summed E-state index contributed by atoms with van der Waals surface area (Å²) in [5.74, 6) is 0. The summed E-state index contributed by atoms with van der Waals surface area (Å²) in [6.07, 6.45) is 4.22. The van der Waals surface area contributed by atoms with Crippen molar-refractivity contribution in [2.45, 2.75) is 18.9 Å². The predicted octanol–water partition coefficient (Wildman–Crippen LogP) is 3.58. The molecule has 0 amide bonds. The lowest BCUT2D eigenvalue weighted by Gasteiger charge is -2.11. The van der Waals surface area contributed by atoms with Crippen molar-refractivity contribution in [3.05, 3.63) is 72.2 Å². The molecule has 1 unspecified atom stereocenters. The van der Waals surface area contributed by atoms with E-state index in [0.29, 0.717) is 12.8 Å². The molecular formula is C17H16O2. The van der Waals surface area contributed by atoms with Gasteiger partial charge in [0.05, 0.1) is 18.6 Å². The molecule has 0 bridgehead atoms. The highest BCUT2D eigenvalue weighted by Crippen LogP contribution is 2.20. The SMILES string of the molecule is OC(Cc1ccoc1)Cc1cccc2ccccc12. The van der Waals surface area contributed by atoms with Crippen molar-refractivity contribution >= 4 is 10.8 Å². The molecule has 0 aliphatic heterocycles. The van der Waals surface area contributed by atoms with Gasteiger partial charge >= 0.3 is 0 Å². The fourth-order valence-electron chi connectivity index (χ4n) is 2.48. The monoisotopic (exact) mass is 252 g/mol. The molecule has 2 nitrogen and oxygen atoms in total. The molecule has 0 saturated heterocycles. The quantitative estimate of drug-likeness (QED) is 0.770. The molecule has 1 N–H and O–H groups in total. The van der Waals surface area contributed by atoms with Gasteiger partial charge in [0.15, 0.2) is 0 Å². The van der Waals surface area contributed by atoms with E-state index in [1.165, 1.54) is 16.3 Å². The standard InChI is InChI=1S/C17H16O2/c18-16(10-13-8-9-19-12-13)11-15-6-3-5-14-4-1-2-7-17(14)15/h1-9,12,16,18H,10-11H2. The zero-order chi connectivity index (χ0) is 13.1. The van der Waals surface area contributed by atoms with Gasteiger partial charge in [-0.25, -0.2) is 0 Å². The van der Waals surface area contributed by atoms with E-state index in [4.69, 9.17) is 4.42 Å². The van der Waals surface area contributed by atoms with Crippen molar-refractivity contribution in [1.82, 2.24) is 0 Å². The van der Waals surface area contributed by atoms with Crippen LogP contribution in [0.1, 0.15) is 11.1 Å². The molecule has 1 aromatic heterocycles. The Balaban J connectivity index is 1.81. The number of rotatable bonds is 4. The number of furan rings is 1. The van der Waals surface area contributed by atoms with Crippen molar-refractivity contribution in [3.8, 4) is 0 Å². The Kier molecular flexibility index (Phi) is 3.34. The molecule has 3 rings (SSSR count). The van der Waals surface area contributed by atoms with Gasteiger partial charge in [0.1, 0.15) is 0 Å². The zero-order valence-corrected chi connectivity index (χ0v) is 10.6. The summed E-state index contributed by atoms with van der Waals surface area (Å²) in [4.78, 5) is 0. The van der Waals surface area contributed by atoms with Crippen LogP contribution in [0.4, 0.5) is 0 Å². The molecule has 0 fully saturated rings. The van der Waals surface area contributed by atoms with Gasteiger partial charge in [-0.3, -0.25) is 0 Å². The van der Waals surface area contributed by atoms with E-state index in [2.05, 4.69) is 24.3 Å². The lowest BCUT2D eigenvalue weighted by molar-refractivity contribution is 0.175. The highest BCUT2D eigenvalue weighted by atomic mass is 16.3. The number of aliphatic hydroxyl groups excluding tert-OH is 1. The molecule has 19 heavy (non-hydrogen) atoms. The maximum absolute atomic E-state index is 10.2. The highest BCUT2D eigenvalue weighted by molar-refractivity contribution is 5.85. The maximum Gasteiger partial charge on any atom is 0.0935 e. The minimum absolute atomic E-state index is 0.386. The highest BCUT2D eigenvalue weighted by Gasteiger charge is 2.09. The third-order valence-corrected chi connectivity index (χ3v) is 3.39. The van der Waals surface area contributed by atoms with Crippen molar-refractivity contribution in [2.24, 2.45) is 0 Å². The van der Waals surface area contributed by atoms with Crippen LogP contribution >= 0.6 is 0 Å². The molecule has 0 aliphatic rings. The first-order chi connectivity index (χ1) is 9.33. The normalized spacial score (nSPS) is 12.7. The summed E-state index contributed by atoms with van der Waals surface area (Å²) in [5.41, 5.74) is 2.22. The van der Waals surface area contributed by atoms with Crippen molar-refractivity contribution in [3.63, 3.8) is 0 Å². The molecule has 0 aliphatic carbocycles. The van der Waals surface area contributed by atoms with Gasteiger partial charge in [0.25, 0.3) is 0 Å². The molecule has 0 spiro atoms. The molecule has 3 aromatic rings. The molecule has 96 valence electrons. The third kappa shape index (κ3) is 2.69. The largest absolute Gasteiger partial charge is 0.472 e. The Labute approximate surface area is 112 Å². The summed E-state index contributed by atoms with van der Waals surface area (Å²) in [7, 11) is 0. The van der Waals surface area contributed by atoms with E-state index in [1.807, 2.05) is 24.3 Å². The zero-order valence-electron chi connectivity index (χ0n) is 10.6. The van der Waals surface area contributed by atoms with Crippen LogP contribution in [-0.2, 0) is 12.8 Å². The summed E-state index contributed by atoms with van der Waals surface area (Å²) in [5, 5.41) is 12.6. The minimum atomic E-state index is -0.386. The Morgan fingerprint density at radius 1 is 0.947 bits per heavy atom. The first-order valence-electron chi connectivity index (χ1n) is 6.49. The van der Waals surface area contributed by atoms with Gasteiger partial charge < -0.3 is 9.52 Å². The summed E-state index contributed by atoms with van der Waals surface area (Å²) >= 11 is 0. The number of benzene rings is 2. The third-order valence-electron chi connectivity index (χ3n) is 3.39. The summed E-state index contributed by atoms with van der Waals surface area (Å²) in [6, 6.07) is 16.4. The number of aliphatic hydroxyl groups is 1. The second-order valence-corrected chi connectivity index (χ2v) is 4.83. The van der Waals surface area contributed by atoms with Crippen molar-refractivity contribution in [2.75, 3.05) is 0 Å². The average molecular weight is 252 g/mol. The molecule has 0 radical (unpaired) electrons. The van der Waals surface area contributed by atoms with Crippen LogP contribution < -0.4 is 0 Å². The summed E-state index contributed by atoms with van der Waals surface area (Å²) < 4.78 is 5.02. The van der Waals surface area contributed by atoms with E-state index >= 15 is 0 Å². The van der Waals surface area contributed by atoms with Crippen LogP contribution in [0.15, 0.2) is 65.5 Å². The fourth-order valence-corrected chi connectivity index (χ4v) is 2.48. The molecular weight excluding hydrogens is 236 g/mol. The number of hydrogen-bond donors (Lipinski definition) is 1. The van der Waals surface area contributed by atoms with Crippen LogP contribution in [-0.4, -0.2) is 11.2 Å². The second kappa shape index (κ2) is 5.29. The van der Waals surface area contributed by atoms with E-state index in [-0.39, 0.29) is 6.10 Å². The first-order valence-corrected chi connectivity index (χ1v) is 6.49. The maximum atomic E-state index is 10.2. The number of hydrogen-bond acceptors (Lipinski definition) is 2. The smallest absolute Gasteiger partial charge is 0.0935 e. The summed E-state index contributed by atoms with van der Waals surface area (Å²) in [6.45, 7) is 0. The minimum Gasteiger partial charge on any atom is -0.472 e. The topological polar surface area (TPSA) is 33.4 Å². The molecule has 1 heterocycles. The fraction of sp³-hybridized carbons (Fsp3) is 0.176. The van der Waals surface area contributed by atoms with Crippen LogP contribution in [0.3, 0.4) is 0 Å². The number of fused-ring (bicyclic) bond motifs is 1. The van der Waals surface area contributed by atoms with Crippen molar-refractivity contribution < 1.29 is 9.52 Å². The Morgan fingerprint density at radius 3 is 2.63 bits per heavy atom.